The molecule has 1 N–H and O–H groups in total. The first kappa shape index (κ1) is 15.1. The Morgan fingerprint density at radius 2 is 2.19 bits per heavy atom. The molecule has 0 spiro atoms. The van der Waals surface area contributed by atoms with Crippen molar-refractivity contribution < 1.29 is 9.45 Å². The van der Waals surface area contributed by atoms with Crippen molar-refractivity contribution in [1.29, 1.82) is 0 Å². The van der Waals surface area contributed by atoms with Crippen LogP contribution in [0, 0.1) is 10.1 Å². The zero-order valence-electron chi connectivity index (χ0n) is 12.2. The molecule has 2 unspecified atom stereocenters. The molecule has 2 rings (SSSR count). The van der Waals surface area contributed by atoms with Crippen molar-refractivity contribution in [2.24, 2.45) is 0 Å². The number of nitrogens with one attached hydrogen (secondary N) is 1. The second-order valence-electron chi connectivity index (χ2n) is 4.90. The first-order chi connectivity index (χ1) is 10.0. The van der Waals surface area contributed by atoms with Crippen molar-refractivity contribution in [3.8, 4) is 11.4 Å². The highest BCUT2D eigenvalue weighted by molar-refractivity contribution is 5.58. The summed E-state index contributed by atoms with van der Waals surface area (Å²) in [6.07, 6.45) is 0. The molecular weight excluding hydrogens is 272 g/mol. The maximum absolute atomic E-state index is 10.8. The average molecular weight is 290 g/mol. The van der Waals surface area contributed by atoms with Crippen LogP contribution in [0.15, 0.2) is 28.8 Å². The molecule has 7 heteroatoms. The Hall–Kier alpha value is -2.28. The largest absolute Gasteiger partial charge is 0.339 e. The molecule has 1 aromatic carbocycles. The molecule has 21 heavy (non-hydrogen) atoms. The SMILES string of the molecule is CCNC(C)C(C)c1nc(-c2cccc([N+](=O)[O-])c2)no1. The monoisotopic (exact) mass is 290 g/mol. The summed E-state index contributed by atoms with van der Waals surface area (Å²) in [5, 5.41) is 18.0. The molecule has 7 nitrogen and oxygen atoms in total. The van der Waals surface area contributed by atoms with E-state index in [1.54, 1.807) is 12.1 Å². The number of aromatic nitrogens is 2. The Balaban J connectivity index is 2.23. The van der Waals surface area contributed by atoms with Gasteiger partial charge in [-0.1, -0.05) is 31.1 Å². The van der Waals surface area contributed by atoms with Crippen LogP contribution in [0.3, 0.4) is 0 Å². The molecule has 2 aromatic rings. The van der Waals surface area contributed by atoms with Gasteiger partial charge in [-0.3, -0.25) is 10.1 Å². The minimum atomic E-state index is -0.444. The van der Waals surface area contributed by atoms with Crippen LogP contribution in [0.5, 0.6) is 0 Å². The van der Waals surface area contributed by atoms with E-state index in [1.807, 2.05) is 20.8 Å². The number of nitrogens with zero attached hydrogens (tertiary/aromatic N) is 3. The summed E-state index contributed by atoms with van der Waals surface area (Å²) in [5.41, 5.74) is 0.579. The minimum Gasteiger partial charge on any atom is -0.339 e. The van der Waals surface area contributed by atoms with Crippen LogP contribution in [0.4, 0.5) is 5.69 Å². The third-order valence-corrected chi connectivity index (χ3v) is 3.42. The van der Waals surface area contributed by atoms with E-state index in [0.717, 1.165) is 6.54 Å². The molecule has 0 amide bonds. The molecule has 0 bridgehead atoms. The summed E-state index contributed by atoms with van der Waals surface area (Å²) in [4.78, 5) is 14.7. The zero-order valence-corrected chi connectivity index (χ0v) is 12.2. The number of nitro benzene ring substituents is 1. The van der Waals surface area contributed by atoms with Gasteiger partial charge in [0.2, 0.25) is 11.7 Å². The molecule has 1 aromatic heterocycles. The summed E-state index contributed by atoms with van der Waals surface area (Å²) < 4.78 is 5.28. The van der Waals surface area contributed by atoms with Crippen molar-refractivity contribution in [3.63, 3.8) is 0 Å². The van der Waals surface area contributed by atoms with Gasteiger partial charge in [0.05, 0.1) is 10.8 Å². The van der Waals surface area contributed by atoms with E-state index in [-0.39, 0.29) is 17.6 Å². The van der Waals surface area contributed by atoms with E-state index in [4.69, 9.17) is 4.52 Å². The molecule has 2 atom stereocenters. The highest BCUT2D eigenvalue weighted by atomic mass is 16.6. The van der Waals surface area contributed by atoms with Crippen LogP contribution < -0.4 is 5.32 Å². The van der Waals surface area contributed by atoms with Gasteiger partial charge in [-0.2, -0.15) is 4.98 Å². The topological polar surface area (TPSA) is 94.1 Å². The van der Waals surface area contributed by atoms with E-state index in [1.165, 1.54) is 12.1 Å². The van der Waals surface area contributed by atoms with Crippen LogP contribution in [-0.2, 0) is 0 Å². The molecule has 0 saturated heterocycles. The third kappa shape index (κ3) is 3.43. The van der Waals surface area contributed by atoms with Gasteiger partial charge in [-0.15, -0.1) is 0 Å². The summed E-state index contributed by atoms with van der Waals surface area (Å²) in [6.45, 7) is 6.94. The summed E-state index contributed by atoms with van der Waals surface area (Å²) in [7, 11) is 0. The van der Waals surface area contributed by atoms with Gasteiger partial charge >= 0.3 is 0 Å². The molecule has 0 fully saturated rings. The van der Waals surface area contributed by atoms with Crippen molar-refractivity contribution in [1.82, 2.24) is 15.5 Å². The van der Waals surface area contributed by atoms with Crippen LogP contribution >= 0.6 is 0 Å². The van der Waals surface area contributed by atoms with Gasteiger partial charge < -0.3 is 9.84 Å². The van der Waals surface area contributed by atoms with Gasteiger partial charge in [0, 0.05) is 23.7 Å². The number of rotatable bonds is 6. The fourth-order valence-electron chi connectivity index (χ4n) is 2.01. The molecule has 0 aliphatic rings. The van der Waals surface area contributed by atoms with Gasteiger partial charge in [-0.05, 0) is 13.5 Å². The van der Waals surface area contributed by atoms with Gasteiger partial charge in [0.25, 0.3) is 5.69 Å². The third-order valence-electron chi connectivity index (χ3n) is 3.42. The van der Waals surface area contributed by atoms with Gasteiger partial charge in [0.1, 0.15) is 0 Å². The Labute approximate surface area is 122 Å². The van der Waals surface area contributed by atoms with Crippen molar-refractivity contribution in [3.05, 3.63) is 40.3 Å². The second kappa shape index (κ2) is 6.45. The Morgan fingerprint density at radius 3 is 2.86 bits per heavy atom. The molecule has 1 heterocycles. The number of nitro groups is 1. The lowest BCUT2D eigenvalue weighted by atomic mass is 10.0. The fourth-order valence-corrected chi connectivity index (χ4v) is 2.01. The molecule has 0 aliphatic heterocycles. The molecule has 0 saturated carbocycles. The predicted octanol–water partition coefficient (Wildman–Crippen LogP) is 2.75. The summed E-state index contributed by atoms with van der Waals surface area (Å²) >= 11 is 0. The van der Waals surface area contributed by atoms with Crippen molar-refractivity contribution >= 4 is 5.69 Å². The highest BCUT2D eigenvalue weighted by Crippen LogP contribution is 2.24. The molecular formula is C14H18N4O3. The maximum Gasteiger partial charge on any atom is 0.270 e. The number of benzene rings is 1. The smallest absolute Gasteiger partial charge is 0.270 e. The summed E-state index contributed by atoms with van der Waals surface area (Å²) in [5.74, 6) is 0.944. The van der Waals surface area contributed by atoms with Crippen LogP contribution in [-0.4, -0.2) is 27.7 Å². The lowest BCUT2D eigenvalue weighted by Crippen LogP contribution is -2.30. The van der Waals surface area contributed by atoms with Crippen molar-refractivity contribution in [2.75, 3.05) is 6.54 Å². The Morgan fingerprint density at radius 1 is 1.43 bits per heavy atom. The lowest BCUT2D eigenvalue weighted by molar-refractivity contribution is -0.384. The second-order valence-corrected chi connectivity index (χ2v) is 4.90. The number of hydrogen-bond acceptors (Lipinski definition) is 6. The van der Waals surface area contributed by atoms with Crippen molar-refractivity contribution in [2.45, 2.75) is 32.7 Å². The van der Waals surface area contributed by atoms with Crippen LogP contribution in [0.1, 0.15) is 32.6 Å². The zero-order chi connectivity index (χ0) is 15.4. The highest BCUT2D eigenvalue weighted by Gasteiger charge is 2.21. The normalized spacial score (nSPS) is 13.9. The maximum atomic E-state index is 10.8. The van der Waals surface area contributed by atoms with Crippen LogP contribution in [0.25, 0.3) is 11.4 Å². The molecule has 112 valence electrons. The first-order valence-electron chi connectivity index (χ1n) is 6.84. The first-order valence-corrected chi connectivity index (χ1v) is 6.84. The standard InChI is InChI=1S/C14H18N4O3/c1-4-15-10(3)9(2)14-16-13(17-21-14)11-6-5-7-12(8-11)18(19)20/h5-10,15H,4H2,1-3H3. The molecule has 0 aliphatic carbocycles. The quantitative estimate of drug-likeness (QED) is 0.649. The van der Waals surface area contributed by atoms with Gasteiger partial charge in [-0.25, -0.2) is 0 Å². The predicted molar refractivity (Wildman–Crippen MR) is 77.9 cm³/mol. The van der Waals surface area contributed by atoms with E-state index in [2.05, 4.69) is 15.5 Å². The average Bonchev–Trinajstić information content (AvgIpc) is 2.96. The Kier molecular flexibility index (Phi) is 4.64. The number of non-ortho nitro benzene ring substituents is 1. The van der Waals surface area contributed by atoms with E-state index >= 15 is 0 Å². The number of hydrogen-bond donors (Lipinski definition) is 1. The summed E-state index contributed by atoms with van der Waals surface area (Å²) in [6, 6.07) is 6.40. The Bertz CT molecular complexity index is 626. The minimum absolute atomic E-state index is 0.00733. The fraction of sp³-hybridized carbons (Fsp3) is 0.429. The van der Waals surface area contributed by atoms with E-state index in [0.29, 0.717) is 17.3 Å². The van der Waals surface area contributed by atoms with E-state index in [9.17, 15) is 10.1 Å². The molecule has 0 radical (unpaired) electrons. The van der Waals surface area contributed by atoms with Crippen LogP contribution in [0.2, 0.25) is 0 Å². The van der Waals surface area contributed by atoms with E-state index < -0.39 is 4.92 Å². The number of likely N-dealkylation sites (N-methyl/N-ethyl adjacent to an activating group) is 1. The van der Waals surface area contributed by atoms with Gasteiger partial charge in [0.15, 0.2) is 0 Å². The lowest BCUT2D eigenvalue weighted by Gasteiger charge is -2.16.